The Bertz CT molecular complexity index is 1310. The van der Waals surface area contributed by atoms with Gasteiger partial charge in [0.25, 0.3) is 0 Å². The zero-order valence-corrected chi connectivity index (χ0v) is 36.3. The number of hydrogen-bond acceptors (Lipinski definition) is 15. The normalized spacial score (nSPS) is 31.7. The summed E-state index contributed by atoms with van der Waals surface area (Å²) in [6.07, 6.45) is 5.28. The minimum atomic E-state index is -1.19. The van der Waals surface area contributed by atoms with Gasteiger partial charge in [0.05, 0.1) is 45.4 Å². The van der Waals surface area contributed by atoms with Crippen molar-refractivity contribution in [2.75, 3.05) is 73.6 Å². The number of amides is 1. The van der Waals surface area contributed by atoms with E-state index >= 15 is 0 Å². The molecule has 0 aromatic heterocycles. The van der Waals surface area contributed by atoms with E-state index in [1.165, 1.54) is 9.80 Å². The van der Waals surface area contributed by atoms with E-state index in [0.717, 1.165) is 39.9 Å². The lowest BCUT2D eigenvalue weighted by atomic mass is 9.43. The molecule has 4 saturated carbocycles. The van der Waals surface area contributed by atoms with Gasteiger partial charge in [-0.3, -0.25) is 39.1 Å². The lowest BCUT2D eigenvalue weighted by Gasteiger charge is -2.63. The van der Waals surface area contributed by atoms with Gasteiger partial charge >= 0.3 is 17.9 Å². The average molecular weight is 865 g/mol. The molecular formula is C41H76N4O15. The Balaban J connectivity index is 0.00000301. The van der Waals surface area contributed by atoms with Crippen LogP contribution in [0.2, 0.25) is 0 Å². The van der Waals surface area contributed by atoms with Gasteiger partial charge in [-0.2, -0.15) is 0 Å². The van der Waals surface area contributed by atoms with E-state index in [4.69, 9.17) is 10.2 Å². The maximum atomic E-state index is 13.5. The quantitative estimate of drug-likeness (QED) is 0.0376. The fourth-order valence-electron chi connectivity index (χ4n) is 11.7. The Kier molecular flexibility index (Phi) is 22.8. The van der Waals surface area contributed by atoms with Gasteiger partial charge in [-0.25, -0.2) is 4.89 Å². The zero-order chi connectivity index (χ0) is 45.4. The second-order valence-corrected chi connectivity index (χ2v) is 17.7. The van der Waals surface area contributed by atoms with Crippen LogP contribution in [0.5, 0.6) is 0 Å². The van der Waals surface area contributed by atoms with Gasteiger partial charge in [0.2, 0.25) is 5.91 Å². The van der Waals surface area contributed by atoms with Crippen molar-refractivity contribution in [1.29, 1.82) is 0 Å². The van der Waals surface area contributed by atoms with Crippen molar-refractivity contribution in [2.45, 2.75) is 116 Å². The first-order valence-corrected chi connectivity index (χ1v) is 21.3. The smallest absolute Gasteiger partial charge is 0.317 e. The van der Waals surface area contributed by atoms with Crippen LogP contribution in [0.15, 0.2) is 0 Å². The molecule has 4 aliphatic rings. The fourth-order valence-corrected chi connectivity index (χ4v) is 11.7. The van der Waals surface area contributed by atoms with Crippen molar-refractivity contribution >= 4 is 23.8 Å². The molecule has 0 heterocycles. The first-order chi connectivity index (χ1) is 28.5. The maximum absolute atomic E-state index is 13.5. The van der Waals surface area contributed by atoms with E-state index < -0.39 is 62.7 Å². The van der Waals surface area contributed by atoms with E-state index in [-0.39, 0.29) is 110 Å². The molecule has 9 unspecified atom stereocenters. The molecule has 4 rings (SSSR count). The van der Waals surface area contributed by atoms with Crippen molar-refractivity contribution in [1.82, 2.24) is 20.0 Å². The number of fused-ring (bicyclic) bond motifs is 5. The molecule has 0 radical (unpaired) electrons. The summed E-state index contributed by atoms with van der Waals surface area (Å²) in [6, 6.07) is -0.652. The Morgan fingerprint density at radius 2 is 1.37 bits per heavy atom. The molecule has 12 atom stereocenters. The van der Waals surface area contributed by atoms with Crippen molar-refractivity contribution < 1.29 is 75.3 Å². The first-order valence-electron chi connectivity index (χ1n) is 21.3. The lowest BCUT2D eigenvalue weighted by molar-refractivity contribution is -0.252. The number of hydrogen-bond donors (Lipinski definition) is 11. The van der Waals surface area contributed by atoms with Crippen LogP contribution in [0, 0.1) is 46.3 Å². The number of carboxylic acid groups (broad SMARTS) is 3. The van der Waals surface area contributed by atoms with Crippen molar-refractivity contribution in [2.24, 2.45) is 46.3 Å². The van der Waals surface area contributed by atoms with Crippen LogP contribution in [0.4, 0.5) is 0 Å². The van der Waals surface area contributed by atoms with Crippen LogP contribution in [-0.2, 0) is 24.1 Å². The fraction of sp³-hybridized carbons (Fsp3) is 0.902. The Morgan fingerprint density at radius 1 is 0.767 bits per heavy atom. The number of nitrogens with one attached hydrogen (secondary N) is 1. The van der Waals surface area contributed by atoms with Gasteiger partial charge in [0, 0.05) is 65.3 Å². The third-order valence-electron chi connectivity index (χ3n) is 14.7. The minimum Gasteiger partial charge on any atom is -0.481 e. The number of carboxylic acids is 3. The van der Waals surface area contributed by atoms with E-state index in [0.29, 0.717) is 25.7 Å². The minimum absolute atomic E-state index is 0.0461. The molecule has 19 nitrogen and oxygen atoms in total. The van der Waals surface area contributed by atoms with Crippen molar-refractivity contribution in [3.05, 3.63) is 0 Å². The third kappa shape index (κ3) is 13.7. The predicted octanol–water partition coefficient (Wildman–Crippen LogP) is 0.403. The Hall–Kier alpha value is -2.56. The molecule has 0 aliphatic heterocycles. The lowest BCUT2D eigenvalue weighted by Crippen LogP contribution is -2.63. The Morgan fingerprint density at radius 3 is 1.92 bits per heavy atom. The second-order valence-electron chi connectivity index (χ2n) is 17.7. The number of carbonyl (C=O) groups is 4. The summed E-state index contributed by atoms with van der Waals surface area (Å²) in [5.41, 5.74) is -0.493. The third-order valence-corrected chi connectivity index (χ3v) is 14.7. The van der Waals surface area contributed by atoms with Crippen LogP contribution in [0.1, 0.15) is 91.4 Å². The molecule has 11 N–H and O–H groups in total. The highest BCUT2D eigenvalue weighted by Gasteiger charge is 2.65. The molecule has 0 saturated heterocycles. The molecule has 60 heavy (non-hydrogen) atoms. The molecule has 0 aromatic carbocycles. The van der Waals surface area contributed by atoms with Gasteiger partial charge in [-0.15, -0.1) is 0 Å². The summed E-state index contributed by atoms with van der Waals surface area (Å²) in [5, 5.41) is 97.3. The molecule has 350 valence electrons. The molecule has 1 amide bonds. The summed E-state index contributed by atoms with van der Waals surface area (Å²) in [4.78, 5) is 56.4. The van der Waals surface area contributed by atoms with Crippen molar-refractivity contribution in [3.8, 4) is 0 Å². The predicted molar refractivity (Wildman–Crippen MR) is 218 cm³/mol. The molecule has 0 spiro atoms. The average Bonchev–Trinajstić information content (AvgIpc) is 3.57. The highest BCUT2D eigenvalue weighted by atomic mass is 17.1. The molecule has 4 aliphatic carbocycles. The molecule has 4 fully saturated rings. The number of aliphatic hydroxyl groups is 6. The van der Waals surface area contributed by atoms with Gasteiger partial charge in [-0.1, -0.05) is 20.8 Å². The molecule has 0 aromatic rings. The SMILES string of the molecule is CC(CCC(=O)O)[C@H]1CCC2C3C(O)CC4CC(NC(=O)CCC(COO)N(CCN(CO)CO)CCN(CC(=O)O)CC(=O)O)CC[C@]4(C)C3CC(O)[C@@]21C.CO.CO. The highest BCUT2D eigenvalue weighted by Crippen LogP contribution is 2.68. The van der Waals surface area contributed by atoms with Gasteiger partial charge < -0.3 is 51.3 Å². The molecule has 19 heteroatoms. The van der Waals surface area contributed by atoms with Crippen LogP contribution in [-0.4, -0.2) is 188 Å². The standard InChI is InChI=1S/C39H68N4O13.2CH4O/c1-24(4-9-34(49)50)28-6-7-29-37-30(18-32(47)39(28,29)3)38(2)11-10-26(16-25(38)17-31(37)46)40-33(48)8-5-27(21-56-55)43(15-13-42(22-44)23-45)14-12-41(19-35(51)52)20-36(53)54;2*1-2/h24-32,37,44-47,55H,4-23H2,1-3H3,(H,40,48)(H,49,50)(H,51,52)(H,53,54);2*2H,1H3/t24?,25?,26?,27?,28-,29?,30?,31?,32?,37?,38+,39-;;/m1../s1. The number of aliphatic carboxylic acids is 3. The second kappa shape index (κ2) is 25.5. The maximum Gasteiger partial charge on any atom is 0.317 e. The largest absolute Gasteiger partial charge is 0.481 e. The summed E-state index contributed by atoms with van der Waals surface area (Å²) < 4.78 is 0. The van der Waals surface area contributed by atoms with Crippen LogP contribution >= 0.6 is 0 Å². The van der Waals surface area contributed by atoms with E-state index in [2.05, 4.69) is 31.0 Å². The van der Waals surface area contributed by atoms with Gasteiger partial charge in [-0.05, 0) is 104 Å². The van der Waals surface area contributed by atoms with Crippen LogP contribution < -0.4 is 5.32 Å². The summed E-state index contributed by atoms with van der Waals surface area (Å²) in [7, 11) is 2.00. The van der Waals surface area contributed by atoms with Gasteiger partial charge in [0.15, 0.2) is 0 Å². The Labute approximate surface area is 354 Å². The topological polar surface area (TPSA) is 302 Å². The number of nitrogens with zero attached hydrogens (tertiary/aromatic N) is 3. The first kappa shape index (κ1) is 53.6. The number of aliphatic hydroxyl groups excluding tert-OH is 6. The zero-order valence-electron chi connectivity index (χ0n) is 36.3. The van der Waals surface area contributed by atoms with E-state index in [1.807, 2.05) is 4.90 Å². The van der Waals surface area contributed by atoms with Crippen LogP contribution in [0.3, 0.4) is 0 Å². The van der Waals surface area contributed by atoms with E-state index in [1.54, 1.807) is 0 Å². The van der Waals surface area contributed by atoms with E-state index in [9.17, 15) is 60.2 Å². The van der Waals surface area contributed by atoms with Crippen molar-refractivity contribution in [3.63, 3.8) is 0 Å². The summed E-state index contributed by atoms with van der Waals surface area (Å²) in [6.45, 7) is 5.17. The molecular weight excluding hydrogens is 788 g/mol. The number of carbonyl (C=O) groups excluding carboxylic acids is 1. The summed E-state index contributed by atoms with van der Waals surface area (Å²) in [5.74, 6) is -2.54. The number of rotatable bonds is 23. The monoisotopic (exact) mass is 865 g/mol. The highest BCUT2D eigenvalue weighted by molar-refractivity contribution is 5.76. The van der Waals surface area contributed by atoms with Crippen LogP contribution in [0.25, 0.3) is 0 Å². The van der Waals surface area contributed by atoms with Gasteiger partial charge in [0.1, 0.15) is 0 Å². The summed E-state index contributed by atoms with van der Waals surface area (Å²) >= 11 is 0. The molecule has 0 bridgehead atoms.